The molecule has 1 aliphatic heterocycles. The van der Waals surface area contributed by atoms with Crippen LogP contribution in [0, 0.1) is 6.92 Å². The number of carbonyl (C=O) groups excluding carboxylic acids is 1. The lowest BCUT2D eigenvalue weighted by Gasteiger charge is -2.39. The molecule has 26 heavy (non-hydrogen) atoms. The molecule has 140 valence electrons. The zero-order chi connectivity index (χ0) is 19.0. The van der Waals surface area contributed by atoms with Crippen LogP contribution in [-0.4, -0.2) is 43.0 Å². The summed E-state index contributed by atoms with van der Waals surface area (Å²) in [6.07, 6.45) is 0. The molecule has 0 saturated heterocycles. The average molecular weight is 394 g/mol. The number of aryl methyl sites for hydroxylation is 1. The SMILES string of the molecule is Cc1nnc2n1N[C@H](c1ccc(Cl)cc1)[C@H](C(=O)N(C(C)C)C(C)C)S2. The van der Waals surface area contributed by atoms with Crippen molar-refractivity contribution in [3.8, 4) is 0 Å². The minimum absolute atomic E-state index is 0.0966. The summed E-state index contributed by atoms with van der Waals surface area (Å²) in [7, 11) is 0. The number of hydrogen-bond acceptors (Lipinski definition) is 5. The van der Waals surface area contributed by atoms with E-state index in [-0.39, 0.29) is 29.3 Å². The van der Waals surface area contributed by atoms with Crippen LogP contribution in [0.4, 0.5) is 0 Å². The zero-order valence-electron chi connectivity index (χ0n) is 15.6. The molecule has 0 saturated carbocycles. The van der Waals surface area contributed by atoms with Gasteiger partial charge in [0, 0.05) is 17.1 Å². The second-order valence-corrected chi connectivity index (χ2v) is 8.54. The van der Waals surface area contributed by atoms with Crippen LogP contribution in [0.1, 0.15) is 45.1 Å². The molecule has 2 atom stereocenters. The van der Waals surface area contributed by atoms with Gasteiger partial charge in [-0.05, 0) is 52.3 Å². The van der Waals surface area contributed by atoms with E-state index in [0.717, 1.165) is 11.4 Å². The summed E-state index contributed by atoms with van der Waals surface area (Å²) < 4.78 is 1.85. The standard InChI is InChI=1S/C18H24ClN5OS/c1-10(2)23(11(3)4)17(25)16-15(13-6-8-14(19)9-7-13)22-24-12(5)20-21-18(24)26-16/h6-11,15-16,22H,1-5H3/t15-,16-/m1/s1. The largest absolute Gasteiger partial charge is 0.337 e. The van der Waals surface area contributed by atoms with Gasteiger partial charge in [-0.2, -0.15) is 0 Å². The number of hydrogen-bond donors (Lipinski definition) is 1. The number of benzene rings is 1. The molecule has 8 heteroatoms. The number of fused-ring (bicyclic) bond motifs is 1. The molecule has 0 radical (unpaired) electrons. The molecule has 1 aromatic heterocycles. The van der Waals surface area contributed by atoms with E-state index in [2.05, 4.69) is 15.6 Å². The van der Waals surface area contributed by atoms with Gasteiger partial charge in [-0.3, -0.25) is 4.79 Å². The van der Waals surface area contributed by atoms with E-state index in [9.17, 15) is 4.79 Å². The van der Waals surface area contributed by atoms with Gasteiger partial charge >= 0.3 is 0 Å². The molecule has 1 amide bonds. The average Bonchev–Trinajstić information content (AvgIpc) is 2.94. The normalized spacial score (nSPS) is 19.4. The van der Waals surface area contributed by atoms with Crippen LogP contribution in [0.3, 0.4) is 0 Å². The van der Waals surface area contributed by atoms with Crippen molar-refractivity contribution in [1.29, 1.82) is 0 Å². The maximum Gasteiger partial charge on any atom is 0.239 e. The predicted molar refractivity (Wildman–Crippen MR) is 105 cm³/mol. The Morgan fingerprint density at radius 3 is 2.38 bits per heavy atom. The van der Waals surface area contributed by atoms with E-state index >= 15 is 0 Å². The molecular weight excluding hydrogens is 370 g/mol. The fourth-order valence-corrected chi connectivity index (χ4v) is 4.63. The molecule has 2 heterocycles. The monoisotopic (exact) mass is 393 g/mol. The van der Waals surface area contributed by atoms with Crippen molar-refractivity contribution in [2.24, 2.45) is 0 Å². The highest BCUT2D eigenvalue weighted by Gasteiger charge is 2.40. The summed E-state index contributed by atoms with van der Waals surface area (Å²) in [5.41, 5.74) is 4.43. The Kier molecular flexibility index (Phi) is 5.48. The number of nitrogens with one attached hydrogen (secondary N) is 1. The van der Waals surface area contributed by atoms with E-state index in [0.29, 0.717) is 10.2 Å². The summed E-state index contributed by atoms with van der Waals surface area (Å²) in [5, 5.41) is 9.38. The summed E-state index contributed by atoms with van der Waals surface area (Å²) in [6, 6.07) is 7.66. The first-order chi connectivity index (χ1) is 12.3. The molecule has 3 rings (SSSR count). The van der Waals surface area contributed by atoms with Crippen LogP contribution in [0.25, 0.3) is 0 Å². The maximum absolute atomic E-state index is 13.4. The summed E-state index contributed by atoms with van der Waals surface area (Å²) in [6.45, 7) is 10.1. The number of aromatic nitrogens is 3. The molecule has 0 unspecified atom stereocenters. The van der Waals surface area contributed by atoms with Gasteiger partial charge in [0.15, 0.2) is 0 Å². The summed E-state index contributed by atoms with van der Waals surface area (Å²) >= 11 is 7.50. The Balaban J connectivity index is 2.01. The van der Waals surface area contributed by atoms with Gasteiger partial charge in [0.2, 0.25) is 11.1 Å². The van der Waals surface area contributed by atoms with Crippen molar-refractivity contribution < 1.29 is 4.79 Å². The summed E-state index contributed by atoms with van der Waals surface area (Å²) in [5.74, 6) is 0.862. The van der Waals surface area contributed by atoms with Crippen LogP contribution >= 0.6 is 23.4 Å². The van der Waals surface area contributed by atoms with Gasteiger partial charge in [-0.25, -0.2) is 4.68 Å². The molecule has 0 aliphatic carbocycles. The predicted octanol–water partition coefficient (Wildman–Crippen LogP) is 3.64. The third kappa shape index (κ3) is 3.55. The van der Waals surface area contributed by atoms with Crippen molar-refractivity contribution in [3.05, 3.63) is 40.7 Å². The smallest absolute Gasteiger partial charge is 0.239 e. The molecule has 0 bridgehead atoms. The molecular formula is C18H24ClN5OS. The number of amides is 1. The van der Waals surface area contributed by atoms with Crippen molar-refractivity contribution in [1.82, 2.24) is 19.8 Å². The van der Waals surface area contributed by atoms with Gasteiger partial charge < -0.3 is 10.3 Å². The highest BCUT2D eigenvalue weighted by molar-refractivity contribution is 8.00. The number of thioether (sulfide) groups is 1. The van der Waals surface area contributed by atoms with E-state index in [4.69, 9.17) is 11.6 Å². The second kappa shape index (κ2) is 7.48. The number of carbonyl (C=O) groups is 1. The van der Waals surface area contributed by atoms with Gasteiger partial charge in [0.05, 0.1) is 6.04 Å². The molecule has 1 aliphatic rings. The Labute approximate surface area is 163 Å². The van der Waals surface area contributed by atoms with E-state index < -0.39 is 0 Å². The van der Waals surface area contributed by atoms with E-state index in [1.54, 1.807) is 0 Å². The third-order valence-electron chi connectivity index (χ3n) is 4.44. The maximum atomic E-state index is 13.4. The van der Waals surface area contributed by atoms with Crippen molar-refractivity contribution in [2.45, 2.75) is 63.2 Å². The van der Waals surface area contributed by atoms with Gasteiger partial charge in [-0.15, -0.1) is 10.2 Å². The van der Waals surface area contributed by atoms with Crippen LogP contribution in [0.15, 0.2) is 29.4 Å². The molecule has 2 aromatic rings. The number of halogens is 1. The van der Waals surface area contributed by atoms with Crippen LogP contribution in [0.2, 0.25) is 5.02 Å². The van der Waals surface area contributed by atoms with Crippen LogP contribution in [-0.2, 0) is 4.79 Å². The minimum Gasteiger partial charge on any atom is -0.337 e. The lowest BCUT2D eigenvalue weighted by Crippen LogP contribution is -2.50. The molecule has 6 nitrogen and oxygen atoms in total. The Hall–Kier alpha value is -1.73. The van der Waals surface area contributed by atoms with Gasteiger partial charge in [0.1, 0.15) is 11.1 Å². The molecule has 0 fully saturated rings. The van der Waals surface area contributed by atoms with Crippen molar-refractivity contribution in [3.63, 3.8) is 0 Å². The fraction of sp³-hybridized carbons (Fsp3) is 0.500. The highest BCUT2D eigenvalue weighted by Crippen LogP contribution is 2.38. The van der Waals surface area contributed by atoms with Crippen LogP contribution < -0.4 is 5.43 Å². The second-order valence-electron chi connectivity index (χ2n) is 6.99. The fourth-order valence-electron chi connectivity index (χ4n) is 3.32. The number of nitrogens with zero attached hydrogens (tertiary/aromatic N) is 4. The zero-order valence-corrected chi connectivity index (χ0v) is 17.2. The van der Waals surface area contributed by atoms with Crippen molar-refractivity contribution >= 4 is 29.3 Å². The first-order valence-corrected chi connectivity index (χ1v) is 9.98. The molecule has 0 spiro atoms. The van der Waals surface area contributed by atoms with Crippen molar-refractivity contribution in [2.75, 3.05) is 5.43 Å². The molecule has 1 aromatic carbocycles. The van der Waals surface area contributed by atoms with Gasteiger partial charge in [-0.1, -0.05) is 35.5 Å². The van der Waals surface area contributed by atoms with E-state index in [1.165, 1.54) is 11.8 Å². The Bertz CT molecular complexity index is 781. The highest BCUT2D eigenvalue weighted by atomic mass is 35.5. The Morgan fingerprint density at radius 1 is 1.19 bits per heavy atom. The van der Waals surface area contributed by atoms with Crippen LogP contribution in [0.5, 0.6) is 0 Å². The lowest BCUT2D eigenvalue weighted by atomic mass is 10.0. The first kappa shape index (κ1) is 19.0. The quantitative estimate of drug-likeness (QED) is 0.859. The summed E-state index contributed by atoms with van der Waals surface area (Å²) in [4.78, 5) is 15.4. The first-order valence-electron chi connectivity index (χ1n) is 8.72. The lowest BCUT2D eigenvalue weighted by molar-refractivity contribution is -0.134. The van der Waals surface area contributed by atoms with E-state index in [1.807, 2.05) is 68.5 Å². The van der Waals surface area contributed by atoms with Gasteiger partial charge in [0.25, 0.3) is 0 Å². The molecule has 1 N–H and O–H groups in total. The number of rotatable bonds is 4. The topological polar surface area (TPSA) is 63.1 Å². The minimum atomic E-state index is -0.336. The third-order valence-corrected chi connectivity index (χ3v) is 5.89. The Morgan fingerprint density at radius 2 is 1.81 bits per heavy atom.